The smallest absolute Gasteiger partial charge is 0.308 e. The number of hydrogen-bond acceptors (Lipinski definition) is 14. The third-order valence-corrected chi connectivity index (χ3v) is 9.26. The molecule has 4 aromatic rings. The van der Waals surface area contributed by atoms with Gasteiger partial charge in [0.05, 0.1) is 0 Å². The van der Waals surface area contributed by atoms with Crippen LogP contribution in [0.2, 0.25) is 0 Å². The molecule has 0 saturated heterocycles. The average molecular weight is 975 g/mol. The Morgan fingerprint density at radius 1 is 0.652 bits per heavy atom. The van der Waals surface area contributed by atoms with Gasteiger partial charge in [0.2, 0.25) is 23.5 Å². The second kappa shape index (κ2) is 23.4. The van der Waals surface area contributed by atoms with Crippen LogP contribution in [-0.2, 0) is 49.6 Å². The van der Waals surface area contributed by atoms with Gasteiger partial charge in [-0.05, 0) is 77.6 Å². The van der Waals surface area contributed by atoms with E-state index in [0.29, 0.717) is 11.1 Å². The summed E-state index contributed by atoms with van der Waals surface area (Å²) < 4.78 is 26.9. The molecule has 0 aliphatic heterocycles. The largest absolute Gasteiger partial charge is 0.423 e. The van der Waals surface area contributed by atoms with E-state index >= 15 is 0 Å². The van der Waals surface area contributed by atoms with E-state index in [4.69, 9.17) is 23.7 Å². The van der Waals surface area contributed by atoms with Crippen LogP contribution in [0, 0.1) is 5.92 Å². The van der Waals surface area contributed by atoms with Crippen LogP contribution in [0.5, 0.6) is 28.7 Å². The number of esters is 5. The number of rotatable bonds is 18. The summed E-state index contributed by atoms with van der Waals surface area (Å²) in [5.74, 6) is -8.34. The number of carbonyl (C=O) groups excluding carboxylic acids is 9. The molecule has 0 bridgehead atoms. The van der Waals surface area contributed by atoms with Crippen molar-refractivity contribution in [3.05, 3.63) is 87.8 Å². The fourth-order valence-electron chi connectivity index (χ4n) is 6.29. The maximum atomic E-state index is 14.6. The summed E-state index contributed by atoms with van der Waals surface area (Å²) in [6.45, 7) is 10.4. The highest BCUT2D eigenvalue weighted by atomic mass is 79.9. The Hall–Kier alpha value is -7.61. The highest BCUT2D eigenvalue weighted by Crippen LogP contribution is 2.40. The van der Waals surface area contributed by atoms with Gasteiger partial charge in [0.15, 0.2) is 23.0 Å². The molecule has 20 heteroatoms. The fraction of sp³-hybridized carbons (Fsp3) is 0.283. The first-order chi connectivity index (χ1) is 31.1. The molecule has 348 valence electrons. The molecule has 1 aromatic heterocycles. The van der Waals surface area contributed by atoms with Crippen LogP contribution in [0.3, 0.4) is 0 Å². The van der Waals surface area contributed by atoms with Crippen LogP contribution in [-0.4, -0.2) is 70.5 Å². The number of nitrogens with one attached hydrogen (secondary N) is 5. The van der Waals surface area contributed by atoms with Crippen molar-refractivity contribution in [2.45, 2.75) is 80.3 Å². The Morgan fingerprint density at radius 2 is 1.23 bits per heavy atom. The van der Waals surface area contributed by atoms with Crippen LogP contribution in [0.4, 0.5) is 0 Å². The van der Waals surface area contributed by atoms with Gasteiger partial charge in [0, 0.05) is 75.7 Å². The molecule has 0 aliphatic rings. The van der Waals surface area contributed by atoms with Gasteiger partial charge < -0.3 is 49.9 Å². The van der Waals surface area contributed by atoms with Gasteiger partial charge in [-0.15, -0.1) is 0 Å². The number of fused-ring (bicyclic) bond motifs is 1. The van der Waals surface area contributed by atoms with Crippen LogP contribution in [0.25, 0.3) is 23.1 Å². The first kappa shape index (κ1) is 51.0. The monoisotopic (exact) mass is 973 g/mol. The van der Waals surface area contributed by atoms with E-state index < -0.39 is 77.0 Å². The first-order valence-corrected chi connectivity index (χ1v) is 20.9. The normalized spacial score (nSPS) is 12.1. The lowest BCUT2D eigenvalue weighted by Crippen LogP contribution is -2.51. The minimum atomic E-state index is -1.37. The van der Waals surface area contributed by atoms with Crippen molar-refractivity contribution in [1.29, 1.82) is 0 Å². The number of aromatic amines is 1. The highest BCUT2D eigenvalue weighted by molar-refractivity contribution is 9.10. The second-order valence-corrected chi connectivity index (χ2v) is 15.9. The van der Waals surface area contributed by atoms with E-state index in [2.05, 4.69) is 42.2 Å². The second-order valence-electron chi connectivity index (χ2n) is 15.0. The number of hydrogen-bond donors (Lipinski definition) is 5. The highest BCUT2D eigenvalue weighted by Gasteiger charge is 2.28. The third kappa shape index (κ3) is 15.6. The molecule has 0 radical (unpaired) electrons. The Kier molecular flexibility index (Phi) is 18.1. The van der Waals surface area contributed by atoms with E-state index in [0.717, 1.165) is 42.2 Å². The molecule has 1 heterocycles. The molecule has 4 rings (SSSR count). The van der Waals surface area contributed by atoms with Gasteiger partial charge in [0.25, 0.3) is 5.91 Å². The van der Waals surface area contributed by atoms with Crippen molar-refractivity contribution < 1.29 is 66.8 Å². The predicted molar refractivity (Wildman–Crippen MR) is 241 cm³/mol. The lowest BCUT2D eigenvalue weighted by molar-refractivity contribution is -0.135. The quantitative estimate of drug-likeness (QED) is 0.0495. The number of aromatic nitrogens is 1. The maximum Gasteiger partial charge on any atom is 0.308 e. The van der Waals surface area contributed by atoms with Crippen LogP contribution >= 0.6 is 15.9 Å². The molecular weight excluding hydrogens is 926 g/mol. The van der Waals surface area contributed by atoms with Crippen LogP contribution < -0.4 is 45.0 Å². The standard InChI is InChI=1S/C46H48BrN5O14/c1-23(2)15-36(50-24(3)53)45(60)51-37(16-31-18-41(64-27(6)56)43(66-29(8)58)42(19-31)65-28(7)57)46(61)52-38(20-32-22-49-35-21-33(47)10-11-34(32)35)44(59)48-14-13-30-9-12-39(62-25(4)54)40(17-30)63-26(5)55/h9-14,16-19,21-23,36,38,49H,15,20H2,1-8H3,(H,48,59)(H,50,53)(H,51,60)(H,52,61). The number of ether oxygens (including phenoxy) is 5. The summed E-state index contributed by atoms with van der Waals surface area (Å²) in [6.07, 6.45) is 5.58. The van der Waals surface area contributed by atoms with Gasteiger partial charge in [0.1, 0.15) is 17.8 Å². The SMILES string of the molecule is CC(=O)NC(CC(C)C)C(=O)NC(=Cc1cc(OC(C)=O)c(OC(C)=O)c(OC(C)=O)c1)C(=O)NC(Cc1c[nH]c2cc(Br)ccc12)C(=O)NC=Cc1ccc(OC(C)=O)c(OC(C)=O)c1. The fourth-order valence-corrected chi connectivity index (χ4v) is 6.66. The van der Waals surface area contributed by atoms with Crippen molar-refractivity contribution in [2.75, 3.05) is 0 Å². The molecule has 0 spiro atoms. The molecule has 2 unspecified atom stereocenters. The minimum Gasteiger partial charge on any atom is -0.423 e. The van der Waals surface area contributed by atoms with Crippen molar-refractivity contribution in [2.24, 2.45) is 5.92 Å². The molecule has 0 fully saturated rings. The zero-order chi connectivity index (χ0) is 48.8. The number of halogens is 1. The predicted octanol–water partition coefficient (Wildman–Crippen LogP) is 5.08. The zero-order valence-electron chi connectivity index (χ0n) is 37.2. The van der Waals surface area contributed by atoms with Gasteiger partial charge >= 0.3 is 29.8 Å². The Morgan fingerprint density at radius 3 is 1.80 bits per heavy atom. The lowest BCUT2D eigenvalue weighted by Gasteiger charge is -2.22. The maximum absolute atomic E-state index is 14.6. The van der Waals surface area contributed by atoms with E-state index in [9.17, 15) is 43.2 Å². The first-order valence-electron chi connectivity index (χ1n) is 20.2. The summed E-state index contributed by atoms with van der Waals surface area (Å²) >= 11 is 3.44. The number of H-pyrrole nitrogens is 1. The molecule has 0 aliphatic carbocycles. The molecule has 4 amide bonds. The molecular formula is C46H48BrN5O14. The van der Waals surface area contributed by atoms with Crippen LogP contribution in [0.15, 0.2) is 71.1 Å². The number of amides is 4. The molecule has 3 aromatic carbocycles. The topological polar surface area (TPSA) is 264 Å². The van der Waals surface area contributed by atoms with Crippen molar-refractivity contribution >= 4 is 92.5 Å². The Bertz CT molecular complexity index is 2600. The number of carbonyl (C=O) groups is 9. The Balaban J connectivity index is 1.83. The minimum absolute atomic E-state index is 0.0125. The zero-order valence-corrected chi connectivity index (χ0v) is 38.8. The lowest BCUT2D eigenvalue weighted by atomic mass is 10.0. The molecule has 0 saturated carbocycles. The molecule has 19 nitrogen and oxygen atoms in total. The van der Waals surface area contributed by atoms with Gasteiger partial charge in [-0.1, -0.05) is 41.9 Å². The van der Waals surface area contributed by atoms with Crippen LogP contribution in [0.1, 0.15) is 78.5 Å². The summed E-state index contributed by atoms with van der Waals surface area (Å²) in [5.41, 5.74) is 1.24. The van der Waals surface area contributed by atoms with E-state index in [1.54, 1.807) is 12.3 Å². The van der Waals surface area contributed by atoms with Gasteiger partial charge in [-0.3, -0.25) is 43.2 Å². The van der Waals surface area contributed by atoms with E-state index in [1.165, 1.54) is 63.4 Å². The molecule has 66 heavy (non-hydrogen) atoms. The summed E-state index contributed by atoms with van der Waals surface area (Å²) in [5, 5.41) is 11.2. The van der Waals surface area contributed by atoms with E-state index in [1.807, 2.05) is 26.0 Å². The Labute approximate surface area is 387 Å². The van der Waals surface area contributed by atoms with Gasteiger partial charge in [-0.2, -0.15) is 0 Å². The molecule has 2 atom stereocenters. The number of benzene rings is 3. The summed E-state index contributed by atoms with van der Waals surface area (Å²) in [6, 6.07) is 9.62. The average Bonchev–Trinajstić information content (AvgIpc) is 3.59. The summed E-state index contributed by atoms with van der Waals surface area (Å²) in [7, 11) is 0. The third-order valence-electron chi connectivity index (χ3n) is 8.76. The molecule has 5 N–H and O–H groups in total. The summed E-state index contributed by atoms with van der Waals surface area (Å²) in [4.78, 5) is 118. The van der Waals surface area contributed by atoms with Crippen molar-refractivity contribution in [3.8, 4) is 28.7 Å². The van der Waals surface area contributed by atoms with Crippen molar-refractivity contribution in [3.63, 3.8) is 0 Å². The van der Waals surface area contributed by atoms with E-state index in [-0.39, 0.29) is 47.3 Å². The van der Waals surface area contributed by atoms with Gasteiger partial charge in [-0.25, -0.2) is 0 Å². The van der Waals surface area contributed by atoms with Crippen molar-refractivity contribution in [1.82, 2.24) is 26.3 Å².